The number of aryl methyl sites for hydroxylation is 2. The zero-order chi connectivity index (χ0) is 12.3. The second-order valence-electron chi connectivity index (χ2n) is 4.57. The number of aromatic nitrogens is 2. The highest BCUT2D eigenvalue weighted by atomic mass is 16.1. The Morgan fingerprint density at radius 2 is 2.35 bits per heavy atom. The van der Waals surface area contributed by atoms with Crippen LogP contribution in [0.25, 0.3) is 0 Å². The first-order valence-corrected chi connectivity index (χ1v) is 6.22. The lowest BCUT2D eigenvalue weighted by Gasteiger charge is -2.16. The lowest BCUT2D eigenvalue weighted by Crippen LogP contribution is -2.39. The van der Waals surface area contributed by atoms with Gasteiger partial charge in [0.05, 0.1) is 18.1 Å². The molecule has 0 saturated heterocycles. The standard InChI is InChI=1S/C12H20N4O/c1-14-10(12(13)17)6-7-16-8-15-9-4-2-3-5-11(9)16/h8,10,14H,2-7H2,1H3,(H2,13,17). The van der Waals surface area contributed by atoms with E-state index in [2.05, 4.69) is 14.9 Å². The van der Waals surface area contributed by atoms with Gasteiger partial charge in [-0.25, -0.2) is 4.98 Å². The van der Waals surface area contributed by atoms with Crippen molar-refractivity contribution < 1.29 is 4.79 Å². The van der Waals surface area contributed by atoms with Crippen LogP contribution in [0.1, 0.15) is 30.7 Å². The van der Waals surface area contributed by atoms with Crippen LogP contribution in [0.5, 0.6) is 0 Å². The van der Waals surface area contributed by atoms with E-state index >= 15 is 0 Å². The Balaban J connectivity index is 1.99. The van der Waals surface area contributed by atoms with Gasteiger partial charge in [0.1, 0.15) is 0 Å². The molecule has 1 aromatic rings. The van der Waals surface area contributed by atoms with Gasteiger partial charge < -0.3 is 15.6 Å². The van der Waals surface area contributed by atoms with Crippen molar-refractivity contribution in [3.63, 3.8) is 0 Å². The number of imidazole rings is 1. The fourth-order valence-electron chi connectivity index (χ4n) is 2.42. The zero-order valence-electron chi connectivity index (χ0n) is 10.3. The van der Waals surface area contributed by atoms with Crippen molar-refractivity contribution in [1.29, 1.82) is 0 Å². The molecule has 0 bridgehead atoms. The first-order valence-electron chi connectivity index (χ1n) is 6.22. The Labute approximate surface area is 101 Å². The van der Waals surface area contributed by atoms with Crippen LogP contribution in [0.4, 0.5) is 0 Å². The zero-order valence-corrected chi connectivity index (χ0v) is 10.3. The molecule has 17 heavy (non-hydrogen) atoms. The average molecular weight is 236 g/mol. The highest BCUT2D eigenvalue weighted by molar-refractivity contribution is 5.79. The van der Waals surface area contributed by atoms with Crippen molar-refractivity contribution in [2.45, 2.75) is 44.7 Å². The molecule has 1 unspecified atom stereocenters. The molecule has 0 saturated carbocycles. The van der Waals surface area contributed by atoms with Crippen molar-refractivity contribution in [3.05, 3.63) is 17.7 Å². The predicted octanol–water partition coefficient (Wildman–Crippen LogP) is 0.225. The molecular formula is C12H20N4O. The molecule has 0 spiro atoms. The summed E-state index contributed by atoms with van der Waals surface area (Å²) in [5, 5.41) is 2.94. The Kier molecular flexibility index (Phi) is 3.78. The van der Waals surface area contributed by atoms with E-state index in [4.69, 9.17) is 5.73 Å². The molecule has 0 fully saturated rings. The van der Waals surface area contributed by atoms with Gasteiger partial charge in [0.2, 0.25) is 5.91 Å². The number of carbonyl (C=O) groups excluding carboxylic acids is 1. The molecule has 0 aromatic carbocycles. The first-order chi connectivity index (χ1) is 8.22. The summed E-state index contributed by atoms with van der Waals surface area (Å²) < 4.78 is 2.17. The summed E-state index contributed by atoms with van der Waals surface area (Å²) in [6.07, 6.45) is 7.29. The highest BCUT2D eigenvalue weighted by Crippen LogP contribution is 2.20. The van der Waals surface area contributed by atoms with E-state index in [0.29, 0.717) is 6.42 Å². The summed E-state index contributed by atoms with van der Waals surface area (Å²) in [5.74, 6) is -0.290. The van der Waals surface area contributed by atoms with E-state index in [1.807, 2.05) is 6.33 Å². The number of likely N-dealkylation sites (N-methyl/N-ethyl adjacent to an activating group) is 1. The second-order valence-corrected chi connectivity index (χ2v) is 4.57. The third-order valence-electron chi connectivity index (χ3n) is 3.46. The predicted molar refractivity (Wildman–Crippen MR) is 65.5 cm³/mol. The van der Waals surface area contributed by atoms with Crippen molar-refractivity contribution in [1.82, 2.24) is 14.9 Å². The van der Waals surface area contributed by atoms with Crippen molar-refractivity contribution >= 4 is 5.91 Å². The molecule has 2 rings (SSSR count). The van der Waals surface area contributed by atoms with Crippen LogP contribution >= 0.6 is 0 Å². The molecule has 1 aliphatic rings. The van der Waals surface area contributed by atoms with Crippen LogP contribution in [-0.2, 0) is 24.2 Å². The number of hydrogen-bond acceptors (Lipinski definition) is 3. The van der Waals surface area contributed by atoms with Gasteiger partial charge in [-0.05, 0) is 39.2 Å². The summed E-state index contributed by atoms with van der Waals surface area (Å²) in [7, 11) is 1.76. The maximum absolute atomic E-state index is 11.1. The molecule has 3 N–H and O–H groups in total. The molecule has 1 heterocycles. The topological polar surface area (TPSA) is 72.9 Å². The first kappa shape index (κ1) is 12.1. The number of hydrogen-bond donors (Lipinski definition) is 2. The van der Waals surface area contributed by atoms with Gasteiger partial charge in [-0.2, -0.15) is 0 Å². The Bertz CT molecular complexity index is 399. The van der Waals surface area contributed by atoms with Gasteiger partial charge in [0.15, 0.2) is 0 Å². The number of nitrogens with two attached hydrogens (primary N) is 1. The number of rotatable bonds is 5. The SMILES string of the molecule is CNC(CCn1cnc2c1CCCC2)C(N)=O. The van der Waals surface area contributed by atoms with E-state index in [1.54, 1.807) is 7.05 Å². The number of primary amides is 1. The molecular weight excluding hydrogens is 216 g/mol. The van der Waals surface area contributed by atoms with Crippen LogP contribution in [0.2, 0.25) is 0 Å². The van der Waals surface area contributed by atoms with Crippen LogP contribution in [0.3, 0.4) is 0 Å². The molecule has 5 heteroatoms. The third kappa shape index (κ3) is 2.66. The summed E-state index contributed by atoms with van der Waals surface area (Å²) in [4.78, 5) is 15.5. The number of fused-ring (bicyclic) bond motifs is 1. The Morgan fingerprint density at radius 3 is 3.06 bits per heavy atom. The van der Waals surface area contributed by atoms with Crippen molar-refractivity contribution in [2.24, 2.45) is 5.73 Å². The summed E-state index contributed by atoms with van der Waals surface area (Å²) >= 11 is 0. The van der Waals surface area contributed by atoms with Crippen LogP contribution in [0.15, 0.2) is 6.33 Å². The fraction of sp³-hybridized carbons (Fsp3) is 0.667. The number of amides is 1. The Morgan fingerprint density at radius 1 is 1.59 bits per heavy atom. The normalized spacial score (nSPS) is 16.5. The second kappa shape index (κ2) is 5.31. The minimum absolute atomic E-state index is 0.253. The van der Waals surface area contributed by atoms with Gasteiger partial charge in [0, 0.05) is 12.2 Å². The van der Waals surface area contributed by atoms with Crippen LogP contribution < -0.4 is 11.1 Å². The molecule has 1 amide bonds. The van der Waals surface area contributed by atoms with Gasteiger partial charge >= 0.3 is 0 Å². The molecule has 5 nitrogen and oxygen atoms in total. The summed E-state index contributed by atoms with van der Waals surface area (Å²) in [6, 6.07) is -0.253. The largest absolute Gasteiger partial charge is 0.368 e. The van der Waals surface area contributed by atoms with Gasteiger partial charge in [-0.15, -0.1) is 0 Å². The van der Waals surface area contributed by atoms with E-state index in [-0.39, 0.29) is 11.9 Å². The molecule has 1 aromatic heterocycles. The minimum Gasteiger partial charge on any atom is -0.368 e. The fourth-order valence-corrected chi connectivity index (χ4v) is 2.42. The van der Waals surface area contributed by atoms with E-state index in [0.717, 1.165) is 19.4 Å². The van der Waals surface area contributed by atoms with E-state index in [1.165, 1.54) is 24.2 Å². The van der Waals surface area contributed by atoms with Gasteiger partial charge in [-0.1, -0.05) is 0 Å². The average Bonchev–Trinajstić information content (AvgIpc) is 2.73. The van der Waals surface area contributed by atoms with Gasteiger partial charge in [0.25, 0.3) is 0 Å². The van der Waals surface area contributed by atoms with Crippen LogP contribution in [-0.4, -0.2) is 28.5 Å². The van der Waals surface area contributed by atoms with Crippen molar-refractivity contribution in [3.8, 4) is 0 Å². The maximum atomic E-state index is 11.1. The molecule has 94 valence electrons. The molecule has 0 aliphatic heterocycles. The lowest BCUT2D eigenvalue weighted by molar-refractivity contribution is -0.120. The van der Waals surface area contributed by atoms with E-state index < -0.39 is 0 Å². The third-order valence-corrected chi connectivity index (χ3v) is 3.46. The molecule has 1 atom stereocenters. The highest BCUT2D eigenvalue weighted by Gasteiger charge is 2.17. The smallest absolute Gasteiger partial charge is 0.234 e. The van der Waals surface area contributed by atoms with Crippen molar-refractivity contribution in [2.75, 3.05) is 7.05 Å². The maximum Gasteiger partial charge on any atom is 0.234 e. The summed E-state index contributed by atoms with van der Waals surface area (Å²) in [5.41, 5.74) is 7.87. The quantitative estimate of drug-likeness (QED) is 0.768. The molecule has 1 aliphatic carbocycles. The minimum atomic E-state index is -0.290. The van der Waals surface area contributed by atoms with Gasteiger partial charge in [-0.3, -0.25) is 4.79 Å². The monoisotopic (exact) mass is 236 g/mol. The lowest BCUT2D eigenvalue weighted by atomic mass is 10.0. The number of nitrogens with zero attached hydrogens (tertiary/aromatic N) is 2. The molecule has 0 radical (unpaired) electrons. The summed E-state index contributed by atoms with van der Waals surface area (Å²) in [6.45, 7) is 0.802. The van der Waals surface area contributed by atoms with Crippen LogP contribution in [0, 0.1) is 0 Å². The van der Waals surface area contributed by atoms with E-state index in [9.17, 15) is 4.79 Å². The number of nitrogens with one attached hydrogen (secondary N) is 1. The Hall–Kier alpha value is -1.36. The number of carbonyl (C=O) groups is 1.